The number of benzene rings is 2. The van der Waals surface area contributed by atoms with Crippen LogP contribution in [0.4, 0.5) is 22.0 Å². The van der Waals surface area contributed by atoms with E-state index in [-0.39, 0.29) is 11.2 Å². The largest absolute Gasteiger partial charge is 0.361 e. The Hall–Kier alpha value is -3.26. The summed E-state index contributed by atoms with van der Waals surface area (Å²) in [5.74, 6) is 2.94. The first-order valence-electron chi connectivity index (χ1n) is 14.2. The number of hydrogen-bond donors (Lipinski definition) is 2. The van der Waals surface area contributed by atoms with Crippen molar-refractivity contribution in [3.63, 3.8) is 0 Å². The van der Waals surface area contributed by atoms with E-state index < -0.39 is 0 Å². The lowest BCUT2D eigenvalue weighted by Crippen LogP contribution is -2.41. The third-order valence-corrected chi connectivity index (χ3v) is 9.05. The van der Waals surface area contributed by atoms with E-state index in [2.05, 4.69) is 57.7 Å². The molecule has 0 atom stereocenters. The summed E-state index contributed by atoms with van der Waals surface area (Å²) >= 11 is 5.75. The maximum atomic E-state index is 13.6. The Balaban J connectivity index is 1.20. The van der Waals surface area contributed by atoms with E-state index in [1.807, 2.05) is 12.1 Å². The molecule has 1 aromatic heterocycles. The minimum absolute atomic E-state index is 0.0425. The van der Waals surface area contributed by atoms with Crippen molar-refractivity contribution in [2.45, 2.75) is 64.0 Å². The van der Waals surface area contributed by atoms with Crippen LogP contribution in [0.5, 0.6) is 0 Å². The minimum Gasteiger partial charge on any atom is -0.361 e. The molecule has 6 rings (SSSR count). The minimum atomic E-state index is -0.200. The van der Waals surface area contributed by atoms with Gasteiger partial charge < -0.3 is 20.4 Å². The molecule has 3 heterocycles. The van der Waals surface area contributed by atoms with Crippen molar-refractivity contribution in [3.8, 4) is 0 Å². The number of nitrogens with zero attached hydrogens (tertiary/aromatic N) is 4. The number of fused-ring (bicyclic) bond motifs is 1. The molecule has 1 aliphatic carbocycles. The molecule has 204 valence electrons. The number of piperidine rings is 1. The van der Waals surface area contributed by atoms with Crippen LogP contribution in [0, 0.1) is 11.7 Å². The zero-order chi connectivity index (χ0) is 26.8. The first-order valence-corrected chi connectivity index (χ1v) is 14.6. The molecule has 3 aliphatic rings. The lowest BCUT2D eigenvalue weighted by molar-refractivity contribution is 0.434. The molecule has 39 heavy (non-hydrogen) atoms. The van der Waals surface area contributed by atoms with Crippen molar-refractivity contribution in [1.29, 1.82) is 0 Å². The number of nitrogens with one attached hydrogen (secondary N) is 2. The van der Waals surface area contributed by atoms with E-state index in [0.717, 1.165) is 56.6 Å². The summed E-state index contributed by atoms with van der Waals surface area (Å²) in [7, 11) is 0. The Morgan fingerprint density at radius 2 is 1.56 bits per heavy atom. The fraction of sp³-hybridized carbons (Fsp3) is 0.452. The van der Waals surface area contributed by atoms with Crippen LogP contribution in [-0.4, -0.2) is 34.7 Å². The van der Waals surface area contributed by atoms with Gasteiger partial charge in [0.1, 0.15) is 17.5 Å². The first kappa shape index (κ1) is 26.0. The highest BCUT2D eigenvalue weighted by Gasteiger charge is 2.35. The fourth-order valence-corrected chi connectivity index (χ4v) is 6.52. The summed E-state index contributed by atoms with van der Waals surface area (Å²) in [6, 6.07) is 17.7. The van der Waals surface area contributed by atoms with E-state index in [0.29, 0.717) is 17.6 Å². The van der Waals surface area contributed by atoms with Crippen LogP contribution in [-0.2, 0) is 18.5 Å². The van der Waals surface area contributed by atoms with E-state index in [1.54, 1.807) is 12.1 Å². The van der Waals surface area contributed by atoms with Crippen molar-refractivity contribution in [1.82, 2.24) is 15.3 Å². The average molecular weight is 545 g/mol. The maximum absolute atomic E-state index is 13.6. The summed E-state index contributed by atoms with van der Waals surface area (Å²) in [4.78, 5) is 14.5. The topological polar surface area (TPSA) is 56.3 Å². The Kier molecular flexibility index (Phi) is 7.38. The highest BCUT2D eigenvalue weighted by atomic mass is 32.1. The zero-order valence-corrected chi connectivity index (χ0v) is 23.4. The van der Waals surface area contributed by atoms with Crippen molar-refractivity contribution in [2.75, 3.05) is 34.8 Å². The summed E-state index contributed by atoms with van der Waals surface area (Å²) in [6.45, 7) is 6.70. The van der Waals surface area contributed by atoms with Crippen LogP contribution in [0.25, 0.3) is 0 Å². The lowest BCUT2D eigenvalue weighted by atomic mass is 9.79. The van der Waals surface area contributed by atoms with Crippen LogP contribution in [0.15, 0.2) is 54.6 Å². The molecule has 0 spiro atoms. The van der Waals surface area contributed by atoms with Gasteiger partial charge in [-0.15, -0.1) is 0 Å². The maximum Gasteiger partial charge on any atom is 0.232 e. The smallest absolute Gasteiger partial charge is 0.232 e. The molecule has 2 fully saturated rings. The lowest BCUT2D eigenvalue weighted by Gasteiger charge is -2.32. The second-order valence-electron chi connectivity index (χ2n) is 11.5. The van der Waals surface area contributed by atoms with E-state index >= 15 is 0 Å². The van der Waals surface area contributed by atoms with Gasteiger partial charge in [0.2, 0.25) is 5.95 Å². The van der Waals surface area contributed by atoms with Crippen molar-refractivity contribution in [3.05, 3.63) is 77.1 Å². The zero-order valence-electron chi connectivity index (χ0n) is 22.6. The second kappa shape index (κ2) is 11.1. The molecule has 2 N–H and O–H groups in total. The average Bonchev–Trinajstić information content (AvgIpc) is 3.61. The Labute approximate surface area is 236 Å². The molecule has 1 saturated heterocycles. The van der Waals surface area contributed by atoms with E-state index in [4.69, 9.17) is 22.2 Å². The number of hydrogen-bond acceptors (Lipinski definition) is 5. The van der Waals surface area contributed by atoms with E-state index in [9.17, 15) is 4.39 Å². The third kappa shape index (κ3) is 5.71. The van der Waals surface area contributed by atoms with Gasteiger partial charge in [0.05, 0.1) is 0 Å². The molecule has 2 aliphatic heterocycles. The number of thiocarbonyl (C=S) groups is 1. The normalized spacial score (nSPS) is 18.7. The predicted molar refractivity (Wildman–Crippen MR) is 160 cm³/mol. The Morgan fingerprint density at radius 3 is 2.21 bits per heavy atom. The van der Waals surface area contributed by atoms with Crippen LogP contribution < -0.4 is 20.4 Å². The summed E-state index contributed by atoms with van der Waals surface area (Å²) in [5, 5.41) is 7.27. The van der Waals surface area contributed by atoms with Gasteiger partial charge >= 0.3 is 0 Å². The molecule has 2 aromatic carbocycles. The monoisotopic (exact) mass is 544 g/mol. The number of aromatic nitrogens is 2. The van der Waals surface area contributed by atoms with Crippen LogP contribution in [0.1, 0.15) is 62.1 Å². The standard InChI is InChI=1S/C31H37FN6S/c1-22-12-16-37(17-13-22)27-18-28(38-19-23-6-2-3-7-24(23)20-38)35-29(34-27)36-30(39)33-21-31(14-4-5-15-31)25-8-10-26(32)11-9-25/h2-3,6-11,18,22H,4-5,12-17,19-21H2,1H3,(H2,33,34,35,36,39). The molecule has 1 saturated carbocycles. The van der Waals surface area contributed by atoms with Gasteiger partial charge in [0, 0.05) is 44.2 Å². The highest BCUT2D eigenvalue weighted by Crippen LogP contribution is 2.40. The van der Waals surface area contributed by atoms with Crippen molar-refractivity contribution >= 4 is 34.9 Å². The van der Waals surface area contributed by atoms with Gasteiger partial charge in [0.15, 0.2) is 5.11 Å². The Bertz CT molecular complexity index is 1290. The van der Waals surface area contributed by atoms with Gasteiger partial charge in [-0.3, -0.25) is 0 Å². The summed E-state index contributed by atoms with van der Waals surface area (Å²) < 4.78 is 13.6. The van der Waals surface area contributed by atoms with Gasteiger partial charge in [-0.05, 0) is 72.6 Å². The van der Waals surface area contributed by atoms with Crippen LogP contribution in [0.3, 0.4) is 0 Å². The molecule has 8 heteroatoms. The Morgan fingerprint density at radius 1 is 0.949 bits per heavy atom. The molecule has 0 amide bonds. The fourth-order valence-electron chi connectivity index (χ4n) is 6.35. The predicted octanol–water partition coefficient (Wildman–Crippen LogP) is 6.17. The van der Waals surface area contributed by atoms with Crippen molar-refractivity contribution < 1.29 is 4.39 Å². The van der Waals surface area contributed by atoms with Gasteiger partial charge in [-0.2, -0.15) is 9.97 Å². The van der Waals surface area contributed by atoms with Crippen molar-refractivity contribution in [2.24, 2.45) is 5.92 Å². The van der Waals surface area contributed by atoms with E-state index in [1.165, 1.54) is 42.4 Å². The number of anilines is 3. The van der Waals surface area contributed by atoms with Crippen LogP contribution >= 0.6 is 12.2 Å². The highest BCUT2D eigenvalue weighted by molar-refractivity contribution is 7.80. The quantitative estimate of drug-likeness (QED) is 0.360. The number of rotatable bonds is 6. The molecular formula is C31H37FN6S. The molecule has 0 radical (unpaired) electrons. The second-order valence-corrected chi connectivity index (χ2v) is 11.9. The van der Waals surface area contributed by atoms with Gasteiger partial charge in [-0.1, -0.05) is 56.2 Å². The number of halogens is 1. The third-order valence-electron chi connectivity index (χ3n) is 8.80. The molecule has 0 unspecified atom stereocenters. The van der Waals surface area contributed by atoms with Crippen LogP contribution in [0.2, 0.25) is 0 Å². The van der Waals surface area contributed by atoms with Gasteiger partial charge in [-0.25, -0.2) is 4.39 Å². The summed E-state index contributed by atoms with van der Waals surface area (Å²) in [6.07, 6.45) is 6.80. The first-order chi connectivity index (χ1) is 19.0. The molecule has 3 aromatic rings. The SMILES string of the molecule is CC1CCN(c2cc(N3Cc4ccccc4C3)nc(NC(=S)NCC3(c4ccc(F)cc4)CCCC3)n2)CC1. The molecule has 0 bridgehead atoms. The van der Waals surface area contributed by atoms with Gasteiger partial charge in [0.25, 0.3) is 0 Å². The summed E-state index contributed by atoms with van der Waals surface area (Å²) in [5.41, 5.74) is 3.82. The molecular weight excluding hydrogens is 507 g/mol. The molecule has 6 nitrogen and oxygen atoms in total.